The fourth-order valence-corrected chi connectivity index (χ4v) is 7.77. The molecule has 4 aliphatic heterocycles. The van der Waals surface area contributed by atoms with Gasteiger partial charge >= 0.3 is 12.1 Å². The zero-order valence-electron chi connectivity index (χ0n) is 25.3. The van der Waals surface area contributed by atoms with Crippen molar-refractivity contribution in [2.75, 3.05) is 51.1 Å². The van der Waals surface area contributed by atoms with Crippen molar-refractivity contribution >= 4 is 39.6 Å². The molecule has 236 valence electrons. The minimum absolute atomic E-state index is 0.0234. The van der Waals surface area contributed by atoms with Gasteiger partial charge in [0.15, 0.2) is 6.10 Å². The van der Waals surface area contributed by atoms with Crippen LogP contribution in [0.5, 0.6) is 5.75 Å². The van der Waals surface area contributed by atoms with Gasteiger partial charge in [-0.1, -0.05) is 24.3 Å². The first-order valence-corrected chi connectivity index (χ1v) is 16.7. The maximum atomic E-state index is 13.9. The fraction of sp³-hybridized carbons (Fsp3) is 0.545. The van der Waals surface area contributed by atoms with Crippen molar-refractivity contribution in [1.82, 2.24) is 19.6 Å². The minimum atomic E-state index is -0.969. The molecule has 2 unspecified atom stereocenters. The van der Waals surface area contributed by atoms with Crippen LogP contribution in [0.15, 0.2) is 40.9 Å². The summed E-state index contributed by atoms with van der Waals surface area (Å²) in [7, 11) is 0. The van der Waals surface area contributed by atoms with E-state index < -0.39 is 12.2 Å². The van der Waals surface area contributed by atoms with Crippen molar-refractivity contribution in [3.8, 4) is 5.75 Å². The summed E-state index contributed by atoms with van der Waals surface area (Å²) in [5, 5.41) is 13.3. The Bertz CT molecular complexity index is 1370. The molecule has 2 aromatic rings. The molecule has 2 N–H and O–H groups in total. The van der Waals surface area contributed by atoms with Gasteiger partial charge in [0.2, 0.25) is 0 Å². The average Bonchev–Trinajstić information content (AvgIpc) is 3.70. The number of hydrogen-bond acceptors (Lipinski definition) is 6. The smallest absolute Gasteiger partial charge is 0.410 e. The number of carbonyl (C=O) groups is 3. The molecule has 11 heteroatoms. The van der Waals surface area contributed by atoms with Crippen molar-refractivity contribution in [2.24, 2.45) is 0 Å². The Balaban J connectivity index is 1.10. The van der Waals surface area contributed by atoms with Crippen LogP contribution >= 0.6 is 15.9 Å². The number of nitrogens with zero attached hydrogens (tertiary/aromatic N) is 4. The molecule has 44 heavy (non-hydrogen) atoms. The number of ether oxygens (including phenoxy) is 1. The number of para-hydroxylation sites is 1. The Morgan fingerprint density at radius 3 is 2.45 bits per heavy atom. The van der Waals surface area contributed by atoms with Crippen molar-refractivity contribution in [1.29, 1.82) is 0 Å². The molecule has 2 atom stereocenters. The number of phenolic OH excluding ortho intramolecular Hbond substituents is 1. The first kappa shape index (κ1) is 30.7. The molecule has 4 heterocycles. The van der Waals surface area contributed by atoms with Gasteiger partial charge in [-0.3, -0.25) is 9.69 Å². The quantitative estimate of drug-likeness (QED) is 0.460. The molecule has 0 saturated carbocycles. The van der Waals surface area contributed by atoms with Gasteiger partial charge < -0.3 is 29.9 Å². The maximum absolute atomic E-state index is 13.9. The third kappa shape index (κ3) is 6.68. The Morgan fingerprint density at radius 1 is 1.00 bits per heavy atom. The predicted molar refractivity (Wildman–Crippen MR) is 171 cm³/mol. The molecule has 4 aliphatic rings. The Hall–Kier alpha value is -3.31. The Morgan fingerprint density at radius 2 is 1.70 bits per heavy atom. The van der Waals surface area contributed by atoms with Crippen molar-refractivity contribution < 1.29 is 24.2 Å². The third-order valence-corrected chi connectivity index (χ3v) is 10.3. The summed E-state index contributed by atoms with van der Waals surface area (Å²) in [6, 6.07) is 11.8. The predicted octanol–water partition coefficient (Wildman–Crippen LogP) is 4.76. The number of aromatic hydroxyl groups is 1. The van der Waals surface area contributed by atoms with Crippen molar-refractivity contribution in [3.63, 3.8) is 0 Å². The standard InChI is InChI=1S/C33H42BrN5O5/c1-22-18-23(19-27(34)30(22)40)20-29(31(41)38-16-11-26(21-38)36-12-4-5-13-36)44-33(43)37-14-9-25(10-15-37)39-17-8-24-6-2-3-7-28(24)35-32(39)42/h2-3,6-7,18-19,25-26,29,40H,4-5,8-17,20-21H2,1H3,(H,35,42). The van der Waals surface area contributed by atoms with E-state index in [-0.39, 0.29) is 30.2 Å². The number of fused-ring (bicyclic) bond motifs is 1. The number of benzene rings is 2. The molecule has 2 aromatic carbocycles. The lowest BCUT2D eigenvalue weighted by atomic mass is 10.0. The summed E-state index contributed by atoms with van der Waals surface area (Å²) in [5.74, 6) is -0.0101. The molecule has 3 saturated heterocycles. The number of aryl methyl sites for hydroxylation is 1. The number of amides is 4. The highest BCUT2D eigenvalue weighted by Gasteiger charge is 2.38. The first-order valence-electron chi connectivity index (χ1n) is 15.9. The van der Waals surface area contributed by atoms with Crippen LogP contribution in [0.2, 0.25) is 0 Å². The van der Waals surface area contributed by atoms with E-state index in [9.17, 15) is 19.5 Å². The second-order valence-corrected chi connectivity index (χ2v) is 13.4. The zero-order valence-corrected chi connectivity index (χ0v) is 26.9. The van der Waals surface area contributed by atoms with E-state index in [2.05, 4.69) is 26.1 Å². The van der Waals surface area contributed by atoms with Crippen LogP contribution in [-0.2, 0) is 22.4 Å². The van der Waals surface area contributed by atoms with Gasteiger partial charge in [-0.25, -0.2) is 9.59 Å². The summed E-state index contributed by atoms with van der Waals surface area (Å²) < 4.78 is 6.56. The number of likely N-dealkylation sites (tertiary alicyclic amines) is 3. The number of hydrogen-bond donors (Lipinski definition) is 2. The summed E-state index contributed by atoms with van der Waals surface area (Å²) >= 11 is 3.41. The second kappa shape index (κ2) is 13.4. The van der Waals surface area contributed by atoms with Crippen LogP contribution < -0.4 is 5.32 Å². The number of anilines is 1. The molecule has 0 aromatic heterocycles. The molecule has 3 fully saturated rings. The van der Waals surface area contributed by atoms with Crippen molar-refractivity contribution in [3.05, 3.63) is 57.6 Å². The van der Waals surface area contributed by atoms with Gasteiger partial charge in [-0.2, -0.15) is 0 Å². The van der Waals surface area contributed by atoms with Crippen LogP contribution in [0.25, 0.3) is 0 Å². The van der Waals surface area contributed by atoms with E-state index in [0.29, 0.717) is 61.6 Å². The highest BCUT2D eigenvalue weighted by atomic mass is 79.9. The van der Waals surface area contributed by atoms with Crippen LogP contribution in [0.1, 0.15) is 48.8 Å². The number of nitrogens with one attached hydrogen (secondary N) is 1. The van der Waals surface area contributed by atoms with Crippen LogP contribution in [-0.4, -0.2) is 107 Å². The van der Waals surface area contributed by atoms with E-state index in [4.69, 9.17) is 4.74 Å². The van der Waals surface area contributed by atoms with Gasteiger partial charge in [0.05, 0.1) is 4.47 Å². The average molecular weight is 669 g/mol. The topological polar surface area (TPSA) is 106 Å². The minimum Gasteiger partial charge on any atom is -0.506 e. The maximum Gasteiger partial charge on any atom is 0.410 e. The Kier molecular flexibility index (Phi) is 9.32. The lowest BCUT2D eigenvalue weighted by Crippen LogP contribution is -2.51. The molecular formula is C33H42BrN5O5. The number of piperidine rings is 1. The monoisotopic (exact) mass is 667 g/mol. The number of carbonyl (C=O) groups excluding carboxylic acids is 3. The van der Waals surface area contributed by atoms with E-state index in [1.807, 2.05) is 40.1 Å². The summed E-state index contributed by atoms with van der Waals surface area (Å²) in [6.45, 7) is 6.79. The molecule has 0 aliphatic carbocycles. The highest BCUT2D eigenvalue weighted by molar-refractivity contribution is 9.10. The van der Waals surface area contributed by atoms with E-state index in [1.165, 1.54) is 12.8 Å². The molecule has 0 radical (unpaired) electrons. The van der Waals surface area contributed by atoms with Gasteiger partial charge in [0, 0.05) is 56.9 Å². The van der Waals surface area contributed by atoms with E-state index in [0.717, 1.165) is 42.7 Å². The van der Waals surface area contributed by atoms with Crippen molar-refractivity contribution in [2.45, 2.75) is 70.1 Å². The lowest BCUT2D eigenvalue weighted by Gasteiger charge is -2.38. The summed E-state index contributed by atoms with van der Waals surface area (Å²) in [5.41, 5.74) is 3.48. The SMILES string of the molecule is Cc1cc(CC(OC(=O)N2CCC(N3CCc4ccccc4NC3=O)CC2)C(=O)N2CCC(N3CCCC3)C2)cc(Br)c1O. The molecule has 4 amide bonds. The van der Waals surface area contributed by atoms with Crippen LogP contribution in [0, 0.1) is 6.92 Å². The lowest BCUT2D eigenvalue weighted by molar-refractivity contribution is -0.140. The van der Waals surface area contributed by atoms with E-state index >= 15 is 0 Å². The Labute approximate surface area is 267 Å². The van der Waals surface area contributed by atoms with Crippen LogP contribution in [0.3, 0.4) is 0 Å². The van der Waals surface area contributed by atoms with Gasteiger partial charge in [0.25, 0.3) is 5.91 Å². The number of urea groups is 1. The number of rotatable bonds is 6. The molecule has 10 nitrogen and oxygen atoms in total. The molecule has 0 bridgehead atoms. The zero-order chi connectivity index (χ0) is 30.8. The van der Waals surface area contributed by atoms with Gasteiger partial charge in [0.1, 0.15) is 5.75 Å². The second-order valence-electron chi connectivity index (χ2n) is 12.5. The number of phenols is 1. The van der Waals surface area contributed by atoms with Crippen LogP contribution in [0.4, 0.5) is 15.3 Å². The summed E-state index contributed by atoms with van der Waals surface area (Å²) in [4.78, 5) is 48.3. The first-order chi connectivity index (χ1) is 21.3. The van der Waals surface area contributed by atoms with Gasteiger partial charge in [-0.05, 0) is 103 Å². The van der Waals surface area contributed by atoms with E-state index in [1.54, 1.807) is 17.9 Å². The largest absolute Gasteiger partial charge is 0.506 e. The highest BCUT2D eigenvalue weighted by Crippen LogP contribution is 2.31. The normalized spacial score (nSPS) is 22.0. The molecule has 6 rings (SSSR count). The fourth-order valence-electron chi connectivity index (χ4n) is 7.16. The molecule has 0 spiro atoms. The number of halogens is 1. The third-order valence-electron chi connectivity index (χ3n) is 9.69. The molecular weight excluding hydrogens is 626 g/mol. The summed E-state index contributed by atoms with van der Waals surface area (Å²) in [6.07, 6.45) is 4.15. The van der Waals surface area contributed by atoms with Gasteiger partial charge in [-0.15, -0.1) is 0 Å².